The first-order valence-electron chi connectivity index (χ1n) is 12.0. The highest BCUT2D eigenvalue weighted by molar-refractivity contribution is 6.03. The van der Waals surface area contributed by atoms with E-state index in [2.05, 4.69) is 12.2 Å². The van der Waals surface area contributed by atoms with Gasteiger partial charge in [-0.2, -0.15) is 0 Å². The maximum atomic E-state index is 13.2. The summed E-state index contributed by atoms with van der Waals surface area (Å²) in [7, 11) is 0. The van der Waals surface area contributed by atoms with E-state index < -0.39 is 6.10 Å². The molecular formula is C30H36O5. The van der Waals surface area contributed by atoms with Gasteiger partial charge in [-0.3, -0.25) is 4.79 Å². The van der Waals surface area contributed by atoms with Gasteiger partial charge in [-0.05, 0) is 89.6 Å². The predicted molar refractivity (Wildman–Crippen MR) is 140 cm³/mol. The number of aromatic hydroxyl groups is 3. The van der Waals surface area contributed by atoms with E-state index in [9.17, 15) is 20.1 Å². The summed E-state index contributed by atoms with van der Waals surface area (Å²) in [5, 5.41) is 32.2. The maximum Gasteiger partial charge on any atom is 0.174 e. The Morgan fingerprint density at radius 2 is 1.34 bits per heavy atom. The zero-order chi connectivity index (χ0) is 25.9. The molecule has 0 saturated heterocycles. The molecular weight excluding hydrogens is 440 g/mol. The number of carbonyl (C=O) groups is 1. The number of phenols is 3. The predicted octanol–water partition coefficient (Wildman–Crippen LogP) is 7.04. The van der Waals surface area contributed by atoms with Crippen LogP contribution in [0.5, 0.6) is 23.0 Å². The number of allylic oxidation sites excluding steroid dienone is 6. The molecule has 0 saturated carbocycles. The highest BCUT2D eigenvalue weighted by Gasteiger charge is 2.33. The molecule has 5 heteroatoms. The van der Waals surface area contributed by atoms with E-state index in [0.717, 1.165) is 33.4 Å². The number of ketones is 1. The van der Waals surface area contributed by atoms with Crippen molar-refractivity contribution in [2.24, 2.45) is 0 Å². The lowest BCUT2D eigenvalue weighted by atomic mass is 9.90. The number of hydrogen-bond acceptors (Lipinski definition) is 5. The smallest absolute Gasteiger partial charge is 0.174 e. The summed E-state index contributed by atoms with van der Waals surface area (Å²) >= 11 is 0. The fourth-order valence-electron chi connectivity index (χ4n) is 4.11. The van der Waals surface area contributed by atoms with Crippen LogP contribution in [-0.4, -0.2) is 21.1 Å². The second-order valence-corrected chi connectivity index (χ2v) is 9.97. The summed E-state index contributed by atoms with van der Waals surface area (Å²) in [4.78, 5) is 13.2. The first-order chi connectivity index (χ1) is 16.5. The van der Waals surface area contributed by atoms with E-state index in [1.54, 1.807) is 0 Å². The van der Waals surface area contributed by atoms with E-state index in [1.807, 2.05) is 59.8 Å². The standard InChI is InChI=1S/C30H36O5/c1-17(2)7-10-20-13-22(14-21(29(20)33)11-8-18(3)4)26-16-25(32)28-27(35-26)15-24(31)23(30(28)34)12-9-19(5)6/h7-9,13-15,26,31,33-34H,10-12,16H2,1-6H3/t26-/m0/s1. The molecule has 0 unspecified atom stereocenters. The van der Waals surface area contributed by atoms with Gasteiger partial charge in [-0.15, -0.1) is 0 Å². The summed E-state index contributed by atoms with van der Waals surface area (Å²) in [5.74, 6) is -0.138. The molecule has 0 aromatic heterocycles. The second kappa shape index (κ2) is 10.9. The number of carbonyl (C=O) groups excluding carboxylic acids is 1. The van der Waals surface area contributed by atoms with Crippen molar-refractivity contribution < 1.29 is 24.9 Å². The van der Waals surface area contributed by atoms with E-state index in [1.165, 1.54) is 6.07 Å². The van der Waals surface area contributed by atoms with E-state index in [-0.39, 0.29) is 40.8 Å². The summed E-state index contributed by atoms with van der Waals surface area (Å²) in [6.07, 6.45) is 6.91. The first-order valence-corrected chi connectivity index (χ1v) is 12.0. The fraction of sp³-hybridized carbons (Fsp3) is 0.367. The van der Waals surface area contributed by atoms with Crippen molar-refractivity contribution in [2.45, 2.75) is 73.3 Å². The van der Waals surface area contributed by atoms with E-state index in [0.29, 0.717) is 24.8 Å². The molecule has 0 aliphatic carbocycles. The monoisotopic (exact) mass is 476 g/mol. The third-order valence-electron chi connectivity index (χ3n) is 6.10. The lowest BCUT2D eigenvalue weighted by Gasteiger charge is -2.28. The van der Waals surface area contributed by atoms with Crippen molar-refractivity contribution in [2.75, 3.05) is 0 Å². The molecule has 1 aliphatic rings. The van der Waals surface area contributed by atoms with Crippen LogP contribution >= 0.6 is 0 Å². The Bertz CT molecular complexity index is 1180. The minimum atomic E-state index is -0.589. The summed E-state index contributed by atoms with van der Waals surface area (Å²) in [6, 6.07) is 5.18. The van der Waals surface area contributed by atoms with Crippen LogP contribution in [0.25, 0.3) is 0 Å². The van der Waals surface area contributed by atoms with Crippen LogP contribution in [0.2, 0.25) is 0 Å². The minimum absolute atomic E-state index is 0.0579. The molecule has 3 rings (SSSR count). The molecule has 35 heavy (non-hydrogen) atoms. The van der Waals surface area contributed by atoms with Gasteiger partial charge in [0.25, 0.3) is 0 Å². The summed E-state index contributed by atoms with van der Waals surface area (Å²) < 4.78 is 6.16. The normalized spacial score (nSPS) is 14.6. The number of phenolic OH excluding ortho intramolecular Hbond substituents is 3. The van der Waals surface area contributed by atoms with Gasteiger partial charge in [0.05, 0.1) is 6.42 Å². The molecule has 2 aromatic rings. The molecule has 1 heterocycles. The molecule has 0 bridgehead atoms. The van der Waals surface area contributed by atoms with E-state index >= 15 is 0 Å². The van der Waals surface area contributed by atoms with Crippen molar-refractivity contribution in [3.63, 3.8) is 0 Å². The molecule has 0 radical (unpaired) electrons. The van der Waals surface area contributed by atoms with Gasteiger partial charge in [0.2, 0.25) is 0 Å². The number of Topliss-reactive ketones (excluding diaryl/α,β-unsaturated/α-hetero) is 1. The second-order valence-electron chi connectivity index (χ2n) is 9.97. The van der Waals surface area contributed by atoms with E-state index in [4.69, 9.17) is 4.74 Å². The SMILES string of the molecule is CC(C)=CCc1cc([C@@H]2CC(=O)c3c(cc(O)c(CC=C(C)C)c3O)O2)cc(CC=C(C)C)c1O. The van der Waals surface area contributed by atoms with Crippen LogP contribution in [0.3, 0.4) is 0 Å². The average Bonchev–Trinajstić information content (AvgIpc) is 2.76. The summed E-state index contributed by atoms with van der Waals surface area (Å²) in [6.45, 7) is 11.9. The lowest BCUT2D eigenvalue weighted by molar-refractivity contribution is 0.0844. The Morgan fingerprint density at radius 3 is 1.86 bits per heavy atom. The quantitative estimate of drug-likeness (QED) is 0.373. The van der Waals surface area contributed by atoms with Gasteiger partial charge < -0.3 is 20.1 Å². The van der Waals surface area contributed by atoms with Gasteiger partial charge in [0.1, 0.15) is 34.7 Å². The van der Waals surface area contributed by atoms with Crippen molar-refractivity contribution in [3.05, 3.63) is 81.0 Å². The van der Waals surface area contributed by atoms with Crippen LogP contribution in [-0.2, 0) is 19.3 Å². The Balaban J connectivity index is 2.04. The van der Waals surface area contributed by atoms with Gasteiger partial charge in [0.15, 0.2) is 5.78 Å². The van der Waals surface area contributed by atoms with Gasteiger partial charge in [-0.25, -0.2) is 0 Å². The first kappa shape index (κ1) is 26.1. The lowest BCUT2D eigenvalue weighted by Crippen LogP contribution is -2.21. The Labute approximate surface area is 208 Å². The van der Waals surface area contributed by atoms with Crippen LogP contribution in [0.4, 0.5) is 0 Å². The molecule has 3 N–H and O–H groups in total. The van der Waals surface area contributed by atoms with Crippen LogP contribution in [0.15, 0.2) is 53.1 Å². The molecule has 5 nitrogen and oxygen atoms in total. The van der Waals surface area contributed by atoms with Crippen molar-refractivity contribution in [1.82, 2.24) is 0 Å². The topological polar surface area (TPSA) is 87.0 Å². The Kier molecular flexibility index (Phi) is 8.11. The highest BCUT2D eigenvalue weighted by atomic mass is 16.5. The maximum absolute atomic E-state index is 13.2. The highest BCUT2D eigenvalue weighted by Crippen LogP contribution is 2.45. The van der Waals surface area contributed by atoms with Crippen LogP contribution in [0, 0.1) is 0 Å². The van der Waals surface area contributed by atoms with Crippen molar-refractivity contribution in [1.29, 1.82) is 0 Å². The van der Waals surface area contributed by atoms with Crippen molar-refractivity contribution in [3.8, 4) is 23.0 Å². The number of hydrogen-bond donors (Lipinski definition) is 3. The van der Waals surface area contributed by atoms with Crippen LogP contribution < -0.4 is 4.74 Å². The zero-order valence-corrected chi connectivity index (χ0v) is 21.5. The molecule has 186 valence electrons. The third-order valence-corrected chi connectivity index (χ3v) is 6.10. The van der Waals surface area contributed by atoms with Gasteiger partial charge in [-0.1, -0.05) is 34.9 Å². The molecule has 0 amide bonds. The fourth-order valence-corrected chi connectivity index (χ4v) is 4.11. The molecule has 2 aromatic carbocycles. The van der Waals surface area contributed by atoms with Gasteiger partial charge in [0, 0.05) is 11.6 Å². The van der Waals surface area contributed by atoms with Gasteiger partial charge >= 0.3 is 0 Å². The Hall–Kier alpha value is -3.47. The number of fused-ring (bicyclic) bond motifs is 1. The summed E-state index contributed by atoms with van der Waals surface area (Å²) in [5.41, 5.74) is 6.09. The largest absolute Gasteiger partial charge is 0.507 e. The molecule has 0 fully saturated rings. The molecule has 1 atom stereocenters. The Morgan fingerprint density at radius 1 is 0.829 bits per heavy atom. The van der Waals surface area contributed by atoms with Crippen LogP contribution in [0.1, 0.15) is 86.7 Å². The zero-order valence-electron chi connectivity index (χ0n) is 21.5. The number of benzene rings is 2. The third kappa shape index (κ3) is 6.16. The average molecular weight is 477 g/mol. The number of ether oxygens (including phenoxy) is 1. The molecule has 0 spiro atoms. The molecule has 1 aliphatic heterocycles. The number of rotatable bonds is 7. The minimum Gasteiger partial charge on any atom is -0.507 e. The van der Waals surface area contributed by atoms with Crippen molar-refractivity contribution >= 4 is 5.78 Å².